The molecule has 0 aliphatic carbocycles. The second-order valence-corrected chi connectivity index (χ2v) is 4.20. The highest BCUT2D eigenvalue weighted by Gasteiger charge is 2.15. The van der Waals surface area contributed by atoms with Crippen LogP contribution in [0, 0.1) is 13.8 Å². The lowest BCUT2D eigenvalue weighted by atomic mass is 10.1. The first kappa shape index (κ1) is 12.4. The molecule has 2 aromatic heterocycles. The summed E-state index contributed by atoms with van der Waals surface area (Å²) in [6, 6.07) is 3.38. The van der Waals surface area contributed by atoms with Crippen molar-refractivity contribution in [1.29, 1.82) is 0 Å². The van der Waals surface area contributed by atoms with Crippen molar-refractivity contribution in [3.8, 4) is 11.5 Å². The Balaban J connectivity index is 2.54. The minimum absolute atomic E-state index is 0.132. The van der Waals surface area contributed by atoms with Crippen LogP contribution in [0.15, 0.2) is 18.3 Å². The van der Waals surface area contributed by atoms with Crippen molar-refractivity contribution < 1.29 is 9.90 Å². The number of carboxylic acids is 1. The van der Waals surface area contributed by atoms with E-state index in [1.165, 1.54) is 6.20 Å². The van der Waals surface area contributed by atoms with Crippen molar-refractivity contribution in [3.63, 3.8) is 0 Å². The molecule has 0 unspecified atom stereocenters. The van der Waals surface area contributed by atoms with Crippen molar-refractivity contribution in [3.05, 3.63) is 40.3 Å². The Morgan fingerprint density at radius 1 is 1.22 bits per heavy atom. The first-order valence-corrected chi connectivity index (χ1v) is 5.57. The molecule has 0 aliphatic rings. The highest BCUT2D eigenvalue weighted by atomic mass is 35.5. The molecule has 0 radical (unpaired) electrons. The molecule has 0 aliphatic heterocycles. The van der Waals surface area contributed by atoms with Crippen LogP contribution in [-0.4, -0.2) is 26.0 Å². The Hall–Kier alpha value is -2.01. The third-order valence-electron chi connectivity index (χ3n) is 2.44. The summed E-state index contributed by atoms with van der Waals surface area (Å²) in [5.74, 6) is -0.632. The Bertz CT molecular complexity index is 588. The summed E-state index contributed by atoms with van der Waals surface area (Å²) in [6.45, 7) is 3.27. The molecule has 2 aromatic rings. The van der Waals surface area contributed by atoms with Gasteiger partial charge in [-0.2, -0.15) is 0 Å². The van der Waals surface area contributed by atoms with Crippen LogP contribution in [0.3, 0.4) is 0 Å². The monoisotopic (exact) mass is 263 g/mol. The molecule has 0 spiro atoms. The Labute approximate surface area is 109 Å². The maximum Gasteiger partial charge on any atom is 0.339 e. The Morgan fingerprint density at radius 2 is 1.83 bits per heavy atom. The van der Waals surface area contributed by atoms with Gasteiger partial charge in [0.1, 0.15) is 11.3 Å². The van der Waals surface area contributed by atoms with E-state index in [0.717, 1.165) is 0 Å². The number of aromatic nitrogens is 3. The van der Waals surface area contributed by atoms with E-state index >= 15 is 0 Å². The summed E-state index contributed by atoms with van der Waals surface area (Å²) in [4.78, 5) is 23.4. The van der Waals surface area contributed by atoms with E-state index in [1.54, 1.807) is 26.0 Å². The number of carbonyl (C=O) groups is 1. The number of nitrogens with zero attached hydrogens (tertiary/aromatic N) is 3. The molecule has 5 nitrogen and oxygen atoms in total. The fourth-order valence-electron chi connectivity index (χ4n) is 1.65. The molecule has 0 saturated carbocycles. The Kier molecular flexibility index (Phi) is 3.25. The number of aryl methyl sites for hydroxylation is 2. The lowest BCUT2D eigenvalue weighted by Crippen LogP contribution is -2.08. The van der Waals surface area contributed by atoms with E-state index in [4.69, 9.17) is 16.7 Å². The first-order valence-electron chi connectivity index (χ1n) is 5.19. The predicted molar refractivity (Wildman–Crippen MR) is 66.7 cm³/mol. The lowest BCUT2D eigenvalue weighted by Gasteiger charge is -2.06. The normalized spacial score (nSPS) is 10.4. The van der Waals surface area contributed by atoms with Gasteiger partial charge in [0.25, 0.3) is 0 Å². The highest BCUT2D eigenvalue weighted by molar-refractivity contribution is 6.30. The number of aromatic carboxylic acids is 1. The van der Waals surface area contributed by atoms with E-state index < -0.39 is 5.97 Å². The molecule has 0 fully saturated rings. The quantitative estimate of drug-likeness (QED) is 0.901. The van der Waals surface area contributed by atoms with Gasteiger partial charge >= 0.3 is 5.97 Å². The standard InChI is InChI=1S/C12H10ClN3O2/c1-6-10(12(17)18)7(2)16-11(15-6)9-4-3-8(13)5-14-9/h3-5H,1-2H3,(H,17,18). The van der Waals surface area contributed by atoms with E-state index in [1.807, 2.05) is 0 Å². The average Bonchev–Trinajstić information content (AvgIpc) is 2.28. The molecule has 6 heteroatoms. The summed E-state index contributed by atoms with van der Waals surface area (Å²) in [5.41, 5.74) is 1.53. The van der Waals surface area contributed by atoms with E-state index in [-0.39, 0.29) is 5.56 Å². The SMILES string of the molecule is Cc1nc(-c2ccc(Cl)cn2)nc(C)c1C(=O)O. The zero-order valence-corrected chi connectivity index (χ0v) is 10.6. The molecular formula is C12H10ClN3O2. The maximum atomic E-state index is 11.0. The van der Waals surface area contributed by atoms with Crippen molar-refractivity contribution in [1.82, 2.24) is 15.0 Å². The van der Waals surface area contributed by atoms with Crippen LogP contribution in [0.5, 0.6) is 0 Å². The molecule has 1 N–H and O–H groups in total. The molecule has 0 atom stereocenters. The number of carboxylic acid groups (broad SMARTS) is 1. The van der Waals surface area contributed by atoms with Gasteiger partial charge in [0.05, 0.1) is 16.4 Å². The summed E-state index contributed by atoms with van der Waals surface area (Å²) in [5, 5.41) is 9.55. The third-order valence-corrected chi connectivity index (χ3v) is 2.66. The van der Waals surface area contributed by atoms with Crippen LogP contribution in [0.2, 0.25) is 5.02 Å². The molecule has 92 valence electrons. The van der Waals surface area contributed by atoms with Gasteiger partial charge in [-0.25, -0.2) is 14.8 Å². The number of rotatable bonds is 2. The maximum absolute atomic E-state index is 11.0. The smallest absolute Gasteiger partial charge is 0.339 e. The third kappa shape index (κ3) is 2.31. The number of pyridine rings is 1. The van der Waals surface area contributed by atoms with E-state index in [0.29, 0.717) is 27.9 Å². The number of halogens is 1. The van der Waals surface area contributed by atoms with Gasteiger partial charge in [-0.05, 0) is 26.0 Å². The number of hydrogen-bond acceptors (Lipinski definition) is 4. The van der Waals surface area contributed by atoms with Crippen LogP contribution in [0.4, 0.5) is 0 Å². The first-order chi connectivity index (χ1) is 8.49. The topological polar surface area (TPSA) is 76.0 Å². The van der Waals surface area contributed by atoms with Gasteiger partial charge < -0.3 is 5.11 Å². The second-order valence-electron chi connectivity index (χ2n) is 3.76. The fourth-order valence-corrected chi connectivity index (χ4v) is 1.76. The second kappa shape index (κ2) is 4.70. The minimum atomic E-state index is -1.03. The lowest BCUT2D eigenvalue weighted by molar-refractivity contribution is 0.0694. The molecule has 0 aromatic carbocycles. The highest BCUT2D eigenvalue weighted by Crippen LogP contribution is 2.18. The van der Waals surface area contributed by atoms with Crippen molar-refractivity contribution >= 4 is 17.6 Å². The van der Waals surface area contributed by atoms with Gasteiger partial charge in [0.15, 0.2) is 5.82 Å². The van der Waals surface area contributed by atoms with Crippen LogP contribution < -0.4 is 0 Å². The minimum Gasteiger partial charge on any atom is -0.478 e. The summed E-state index contributed by atoms with van der Waals surface area (Å²) < 4.78 is 0. The van der Waals surface area contributed by atoms with E-state index in [2.05, 4.69) is 15.0 Å². The van der Waals surface area contributed by atoms with Gasteiger partial charge in [-0.15, -0.1) is 0 Å². The molecular weight excluding hydrogens is 254 g/mol. The zero-order chi connectivity index (χ0) is 13.3. The molecule has 0 amide bonds. The predicted octanol–water partition coefficient (Wildman–Crippen LogP) is 2.51. The molecule has 0 saturated heterocycles. The molecule has 0 bridgehead atoms. The van der Waals surface area contributed by atoms with Gasteiger partial charge in [-0.1, -0.05) is 11.6 Å². The van der Waals surface area contributed by atoms with E-state index in [9.17, 15) is 4.79 Å². The average molecular weight is 264 g/mol. The zero-order valence-electron chi connectivity index (χ0n) is 9.81. The largest absolute Gasteiger partial charge is 0.478 e. The molecule has 2 rings (SSSR count). The van der Waals surface area contributed by atoms with Crippen LogP contribution in [-0.2, 0) is 0 Å². The van der Waals surface area contributed by atoms with Crippen molar-refractivity contribution in [2.75, 3.05) is 0 Å². The molecule has 2 heterocycles. The van der Waals surface area contributed by atoms with Crippen LogP contribution in [0.25, 0.3) is 11.5 Å². The summed E-state index contributed by atoms with van der Waals surface area (Å²) >= 11 is 5.75. The fraction of sp³-hybridized carbons (Fsp3) is 0.167. The summed E-state index contributed by atoms with van der Waals surface area (Å²) in [7, 11) is 0. The van der Waals surface area contributed by atoms with Crippen LogP contribution >= 0.6 is 11.6 Å². The van der Waals surface area contributed by atoms with Gasteiger partial charge in [0.2, 0.25) is 0 Å². The van der Waals surface area contributed by atoms with Gasteiger partial charge in [0, 0.05) is 6.20 Å². The number of hydrogen-bond donors (Lipinski definition) is 1. The van der Waals surface area contributed by atoms with Crippen molar-refractivity contribution in [2.45, 2.75) is 13.8 Å². The van der Waals surface area contributed by atoms with Crippen LogP contribution in [0.1, 0.15) is 21.7 Å². The summed E-state index contributed by atoms with van der Waals surface area (Å²) in [6.07, 6.45) is 1.50. The van der Waals surface area contributed by atoms with Gasteiger partial charge in [-0.3, -0.25) is 4.98 Å². The Morgan fingerprint density at radius 3 is 2.28 bits per heavy atom. The van der Waals surface area contributed by atoms with Crippen molar-refractivity contribution in [2.24, 2.45) is 0 Å². The molecule has 18 heavy (non-hydrogen) atoms.